The van der Waals surface area contributed by atoms with Gasteiger partial charge in [-0.25, -0.2) is 15.0 Å². The zero-order chi connectivity index (χ0) is 18.6. The zero-order valence-electron chi connectivity index (χ0n) is 16.0. The Kier molecular flexibility index (Phi) is 5.29. The lowest BCUT2D eigenvalue weighted by molar-refractivity contribution is 0.269. The molecule has 1 N–H and O–H groups in total. The van der Waals surface area contributed by atoms with E-state index in [1.54, 1.807) is 12.7 Å². The first-order valence-electron chi connectivity index (χ1n) is 9.63. The van der Waals surface area contributed by atoms with E-state index in [0.29, 0.717) is 5.92 Å². The third kappa shape index (κ3) is 4.24. The normalized spacial score (nSPS) is 18.5. The highest BCUT2D eigenvalue weighted by atomic mass is 16.5. The average Bonchev–Trinajstić information content (AvgIpc) is 3.22. The molecule has 3 aromatic rings. The van der Waals surface area contributed by atoms with E-state index in [4.69, 9.17) is 4.52 Å². The summed E-state index contributed by atoms with van der Waals surface area (Å²) in [7, 11) is 0. The van der Waals surface area contributed by atoms with E-state index in [1.807, 2.05) is 20.0 Å². The van der Waals surface area contributed by atoms with Gasteiger partial charge in [0.15, 0.2) is 0 Å². The number of nitrogens with zero attached hydrogens (tertiary/aromatic N) is 5. The molecule has 0 aliphatic carbocycles. The lowest BCUT2D eigenvalue weighted by atomic mass is 9.94. The van der Waals surface area contributed by atoms with Crippen LogP contribution in [0, 0.1) is 19.8 Å². The smallest absolute Gasteiger partial charge is 0.143 e. The lowest BCUT2D eigenvalue weighted by Crippen LogP contribution is -2.24. The SMILES string of the molecule is Cc1noc(C)c1-c1cc(C[C@H]2CCCN(Cc3cnc[nH]3)CC2)ncn1. The number of hydrogen-bond donors (Lipinski definition) is 1. The van der Waals surface area contributed by atoms with Crippen LogP contribution in [0.3, 0.4) is 0 Å². The maximum Gasteiger partial charge on any atom is 0.143 e. The van der Waals surface area contributed by atoms with Crippen LogP contribution in [0.25, 0.3) is 11.3 Å². The predicted molar refractivity (Wildman–Crippen MR) is 102 cm³/mol. The van der Waals surface area contributed by atoms with Crippen molar-refractivity contribution in [2.45, 2.75) is 46.1 Å². The van der Waals surface area contributed by atoms with Crippen molar-refractivity contribution in [3.63, 3.8) is 0 Å². The predicted octanol–water partition coefficient (Wildman–Crippen LogP) is 3.32. The first-order chi connectivity index (χ1) is 13.2. The summed E-state index contributed by atoms with van der Waals surface area (Å²) in [5.74, 6) is 1.46. The molecule has 4 rings (SSSR count). The van der Waals surface area contributed by atoms with Crippen molar-refractivity contribution in [1.29, 1.82) is 0 Å². The molecule has 1 aliphatic rings. The van der Waals surface area contributed by atoms with E-state index in [1.165, 1.54) is 25.0 Å². The van der Waals surface area contributed by atoms with Crippen LogP contribution >= 0.6 is 0 Å². The van der Waals surface area contributed by atoms with E-state index >= 15 is 0 Å². The highest BCUT2D eigenvalue weighted by Crippen LogP contribution is 2.27. The van der Waals surface area contributed by atoms with Crippen LogP contribution in [-0.4, -0.2) is 43.1 Å². The largest absolute Gasteiger partial charge is 0.361 e. The average molecular weight is 366 g/mol. The van der Waals surface area contributed by atoms with Gasteiger partial charge in [0.1, 0.15) is 12.1 Å². The second-order valence-electron chi connectivity index (χ2n) is 7.45. The summed E-state index contributed by atoms with van der Waals surface area (Å²) < 4.78 is 5.29. The summed E-state index contributed by atoms with van der Waals surface area (Å²) in [5.41, 5.74) is 5.07. The van der Waals surface area contributed by atoms with Crippen LogP contribution in [0.5, 0.6) is 0 Å². The van der Waals surface area contributed by atoms with Crippen LogP contribution in [-0.2, 0) is 13.0 Å². The Hall–Kier alpha value is -2.54. The maximum atomic E-state index is 5.29. The topological polar surface area (TPSA) is 83.7 Å². The van der Waals surface area contributed by atoms with Crippen LogP contribution in [0.2, 0.25) is 0 Å². The van der Waals surface area contributed by atoms with Gasteiger partial charge in [-0.3, -0.25) is 4.90 Å². The second-order valence-corrected chi connectivity index (χ2v) is 7.45. The first-order valence-corrected chi connectivity index (χ1v) is 9.63. The number of H-pyrrole nitrogens is 1. The van der Waals surface area contributed by atoms with Gasteiger partial charge in [0.25, 0.3) is 0 Å². The number of aromatic amines is 1. The Morgan fingerprint density at radius 2 is 2.15 bits per heavy atom. The number of imidazole rings is 1. The Morgan fingerprint density at radius 1 is 1.22 bits per heavy atom. The highest BCUT2D eigenvalue weighted by molar-refractivity contribution is 5.63. The number of rotatable bonds is 5. The first kappa shape index (κ1) is 17.9. The fraction of sp³-hybridized carbons (Fsp3) is 0.500. The van der Waals surface area contributed by atoms with Crippen LogP contribution in [0.4, 0.5) is 0 Å². The van der Waals surface area contributed by atoms with Gasteiger partial charge in [0, 0.05) is 24.1 Å². The molecule has 27 heavy (non-hydrogen) atoms. The van der Waals surface area contributed by atoms with Crippen molar-refractivity contribution >= 4 is 0 Å². The Morgan fingerprint density at radius 3 is 2.93 bits per heavy atom. The summed E-state index contributed by atoms with van der Waals surface area (Å²) in [5, 5.41) is 4.04. The van der Waals surface area contributed by atoms with Crippen LogP contribution < -0.4 is 0 Å². The summed E-state index contributed by atoms with van der Waals surface area (Å²) in [6.45, 7) is 7.09. The van der Waals surface area contributed by atoms with Gasteiger partial charge in [-0.1, -0.05) is 5.16 Å². The standard InChI is InChI=1S/C20H26N6O/c1-14-20(15(2)27-25-14)19-9-17(23-13-24-19)8-16-4-3-6-26(7-5-16)11-18-10-21-12-22-18/h9-10,12-13,16H,3-8,11H2,1-2H3,(H,21,22)/t16-/m0/s1. The Bertz CT molecular complexity index is 853. The molecule has 3 aromatic heterocycles. The van der Waals surface area contributed by atoms with Crippen molar-refractivity contribution in [2.75, 3.05) is 13.1 Å². The number of hydrogen-bond acceptors (Lipinski definition) is 6. The lowest BCUT2D eigenvalue weighted by Gasteiger charge is -2.19. The van der Waals surface area contributed by atoms with Gasteiger partial charge in [0.2, 0.25) is 0 Å². The minimum Gasteiger partial charge on any atom is -0.361 e. The number of aromatic nitrogens is 5. The zero-order valence-corrected chi connectivity index (χ0v) is 16.0. The maximum absolute atomic E-state index is 5.29. The number of aryl methyl sites for hydroxylation is 2. The van der Waals surface area contributed by atoms with Crippen LogP contribution in [0.15, 0.2) is 29.4 Å². The van der Waals surface area contributed by atoms with Gasteiger partial charge in [-0.05, 0) is 64.6 Å². The van der Waals surface area contributed by atoms with E-state index in [0.717, 1.165) is 54.5 Å². The van der Waals surface area contributed by atoms with Gasteiger partial charge in [-0.15, -0.1) is 0 Å². The molecule has 0 unspecified atom stereocenters. The highest BCUT2D eigenvalue weighted by Gasteiger charge is 2.19. The Balaban J connectivity index is 1.40. The van der Waals surface area contributed by atoms with E-state index < -0.39 is 0 Å². The molecular formula is C20H26N6O. The molecule has 1 atom stereocenters. The van der Waals surface area contributed by atoms with E-state index in [-0.39, 0.29) is 0 Å². The number of nitrogens with one attached hydrogen (secondary N) is 1. The van der Waals surface area contributed by atoms with Crippen molar-refractivity contribution in [3.8, 4) is 11.3 Å². The Labute approximate surface area is 159 Å². The summed E-state index contributed by atoms with van der Waals surface area (Å²) in [6, 6.07) is 2.10. The molecule has 7 heteroatoms. The quantitative estimate of drug-likeness (QED) is 0.746. The minimum atomic E-state index is 0.657. The summed E-state index contributed by atoms with van der Waals surface area (Å²) in [4.78, 5) is 18.8. The third-order valence-corrected chi connectivity index (χ3v) is 5.40. The van der Waals surface area contributed by atoms with Gasteiger partial charge in [-0.2, -0.15) is 0 Å². The van der Waals surface area contributed by atoms with Crippen LogP contribution in [0.1, 0.15) is 42.1 Å². The second kappa shape index (κ2) is 8.00. The summed E-state index contributed by atoms with van der Waals surface area (Å²) in [6.07, 6.45) is 9.99. The molecule has 1 saturated heterocycles. The molecule has 0 amide bonds. The molecule has 1 fully saturated rings. The number of likely N-dealkylation sites (tertiary alicyclic amines) is 1. The minimum absolute atomic E-state index is 0.657. The van der Waals surface area contributed by atoms with Crippen molar-refractivity contribution in [2.24, 2.45) is 5.92 Å². The monoisotopic (exact) mass is 366 g/mol. The van der Waals surface area contributed by atoms with Crippen molar-refractivity contribution < 1.29 is 4.52 Å². The van der Waals surface area contributed by atoms with Gasteiger partial charge in [0.05, 0.1) is 23.3 Å². The van der Waals surface area contributed by atoms with Crippen molar-refractivity contribution in [1.82, 2.24) is 30.0 Å². The molecule has 0 spiro atoms. The molecule has 0 bridgehead atoms. The molecular weight excluding hydrogens is 340 g/mol. The van der Waals surface area contributed by atoms with Gasteiger partial charge < -0.3 is 9.51 Å². The molecule has 0 saturated carbocycles. The summed E-state index contributed by atoms with van der Waals surface area (Å²) >= 11 is 0. The fourth-order valence-corrected chi connectivity index (χ4v) is 3.99. The fourth-order valence-electron chi connectivity index (χ4n) is 3.99. The van der Waals surface area contributed by atoms with Crippen molar-refractivity contribution in [3.05, 3.63) is 47.8 Å². The molecule has 142 valence electrons. The third-order valence-electron chi connectivity index (χ3n) is 5.40. The van der Waals surface area contributed by atoms with E-state index in [2.05, 4.69) is 36.1 Å². The van der Waals surface area contributed by atoms with Gasteiger partial charge >= 0.3 is 0 Å². The molecule has 0 aromatic carbocycles. The van der Waals surface area contributed by atoms with E-state index in [9.17, 15) is 0 Å². The molecule has 1 aliphatic heterocycles. The molecule has 7 nitrogen and oxygen atoms in total. The molecule has 0 radical (unpaired) electrons. The molecule has 4 heterocycles.